The molecule has 0 spiro atoms. The summed E-state index contributed by atoms with van der Waals surface area (Å²) in [5, 5.41) is 12.9. The van der Waals surface area contributed by atoms with Gasteiger partial charge < -0.3 is 0 Å². The van der Waals surface area contributed by atoms with E-state index in [1.165, 1.54) is 0 Å². The van der Waals surface area contributed by atoms with Crippen LogP contribution >= 0.6 is 79.4 Å². The van der Waals surface area contributed by atoms with Crippen molar-refractivity contribution in [1.29, 1.82) is 0 Å². The summed E-state index contributed by atoms with van der Waals surface area (Å²) in [4.78, 5) is 3.31. The summed E-state index contributed by atoms with van der Waals surface area (Å²) in [6, 6.07) is 0. The lowest BCUT2D eigenvalue weighted by atomic mass is 9.83. The van der Waals surface area contributed by atoms with Crippen molar-refractivity contribution >= 4 is 147 Å². The van der Waals surface area contributed by atoms with Gasteiger partial charge in [-0.3, -0.25) is 0 Å². The SMILES string of the molecule is CC1c2sc3sc4sc5sc6sc7sc8sc(c9c2c3c4c5c6c7c89)C1C. The van der Waals surface area contributed by atoms with Crippen molar-refractivity contribution in [2.75, 3.05) is 0 Å². The fourth-order valence-electron chi connectivity index (χ4n) is 5.27. The van der Waals surface area contributed by atoms with Gasteiger partial charge >= 0.3 is 0 Å². The van der Waals surface area contributed by atoms with Crippen LogP contribution in [0.4, 0.5) is 0 Å². The molecule has 2 unspecified atom stereocenters. The van der Waals surface area contributed by atoms with Gasteiger partial charge in [-0.15, -0.1) is 79.4 Å². The van der Waals surface area contributed by atoms with Crippen molar-refractivity contribution in [3.63, 3.8) is 0 Å². The van der Waals surface area contributed by atoms with Gasteiger partial charge in [0.15, 0.2) is 0 Å². The van der Waals surface area contributed by atoms with Gasteiger partial charge in [-0.1, -0.05) is 13.8 Å². The highest BCUT2D eigenvalue weighted by Gasteiger charge is 2.36. The maximum Gasteiger partial charge on any atom is 0.0908 e. The smallest absolute Gasteiger partial charge is 0.0908 e. The van der Waals surface area contributed by atoms with Crippen LogP contribution < -0.4 is 0 Å². The van der Waals surface area contributed by atoms with Crippen LogP contribution in [0.5, 0.6) is 0 Å². The first kappa shape index (κ1) is 14.4. The van der Waals surface area contributed by atoms with E-state index in [2.05, 4.69) is 59.2 Å². The Morgan fingerprint density at radius 1 is 0.370 bits per heavy atom. The predicted molar refractivity (Wildman–Crippen MR) is 133 cm³/mol. The molecule has 0 saturated carbocycles. The average Bonchev–Trinajstić information content (AvgIpc) is 3.38. The van der Waals surface area contributed by atoms with Crippen LogP contribution in [0.1, 0.15) is 35.4 Å². The fourth-order valence-corrected chi connectivity index (χ4v) is 16.4. The van der Waals surface area contributed by atoms with Crippen LogP contribution in [-0.2, 0) is 0 Å². The van der Waals surface area contributed by atoms with Gasteiger partial charge in [0.2, 0.25) is 0 Å². The van der Waals surface area contributed by atoms with Gasteiger partial charge in [0.1, 0.15) is 0 Å². The topological polar surface area (TPSA) is 0 Å². The highest BCUT2D eigenvalue weighted by molar-refractivity contribution is 7.60. The maximum atomic E-state index is 2.46. The lowest BCUT2D eigenvalue weighted by Gasteiger charge is -2.23. The zero-order valence-electron chi connectivity index (χ0n) is 14.0. The second-order valence-corrected chi connectivity index (χ2v) is 16.5. The molecule has 0 aliphatic heterocycles. The van der Waals surface area contributed by atoms with Gasteiger partial charge in [-0.25, -0.2) is 0 Å². The molecule has 0 N–H and O–H groups in total. The highest BCUT2D eigenvalue weighted by Crippen LogP contribution is 2.64. The Hall–Kier alpha value is -0.540. The van der Waals surface area contributed by atoms with E-state index in [-0.39, 0.29) is 0 Å². The van der Waals surface area contributed by atoms with E-state index in [4.69, 9.17) is 0 Å². The maximum absolute atomic E-state index is 2.46. The number of hydrogen-bond donors (Lipinski definition) is 0. The Morgan fingerprint density at radius 3 is 0.963 bits per heavy atom. The molecule has 2 atom stereocenters. The molecule has 0 amide bonds. The van der Waals surface area contributed by atoms with Crippen LogP contribution in [0.2, 0.25) is 0 Å². The predicted octanol–water partition coefficient (Wildman–Crippen LogP) is 10.3. The Morgan fingerprint density at radius 2 is 0.630 bits per heavy atom. The molecule has 130 valence electrons. The Bertz CT molecular complexity index is 1730. The van der Waals surface area contributed by atoms with E-state index in [9.17, 15) is 0 Å². The molecule has 1 aliphatic carbocycles. The lowest BCUT2D eigenvalue weighted by molar-refractivity contribution is 0.646. The zero-order chi connectivity index (χ0) is 17.3. The molecule has 7 heteroatoms. The van der Waals surface area contributed by atoms with Crippen molar-refractivity contribution in [3.05, 3.63) is 9.75 Å². The van der Waals surface area contributed by atoms with E-state index in [1.807, 2.05) is 34.0 Å². The van der Waals surface area contributed by atoms with Gasteiger partial charge in [0, 0.05) is 52.8 Å². The van der Waals surface area contributed by atoms with E-state index in [0.717, 1.165) is 0 Å². The fraction of sp³-hybridized carbons (Fsp3) is 0.200. The molecule has 7 aromatic heterocycles. The molecule has 1 aromatic carbocycles. The second-order valence-electron chi connectivity index (χ2n) is 7.75. The van der Waals surface area contributed by atoms with Gasteiger partial charge in [0.25, 0.3) is 0 Å². The highest BCUT2D eigenvalue weighted by atomic mass is 32.2. The van der Waals surface area contributed by atoms with Crippen molar-refractivity contribution in [1.82, 2.24) is 0 Å². The first-order valence-electron chi connectivity index (χ1n) is 8.92. The minimum absolute atomic E-state index is 0.633. The van der Waals surface area contributed by atoms with Crippen LogP contribution in [0.15, 0.2) is 0 Å². The average molecular weight is 473 g/mol. The van der Waals surface area contributed by atoms with Gasteiger partial charge in [-0.05, 0) is 11.8 Å². The third kappa shape index (κ3) is 1.31. The molecule has 0 radical (unpaired) electrons. The molecule has 0 bridgehead atoms. The lowest BCUT2D eigenvalue weighted by Crippen LogP contribution is -2.06. The molecule has 8 aromatic rings. The molecular weight excluding hydrogens is 465 g/mol. The molecule has 7 heterocycles. The summed E-state index contributed by atoms with van der Waals surface area (Å²) in [7, 11) is 0. The first-order chi connectivity index (χ1) is 13.2. The number of rotatable bonds is 0. The van der Waals surface area contributed by atoms with Crippen LogP contribution in [-0.4, -0.2) is 0 Å². The summed E-state index contributed by atoms with van der Waals surface area (Å²) in [6.45, 7) is 4.92. The van der Waals surface area contributed by atoms with E-state index in [1.54, 1.807) is 76.9 Å². The van der Waals surface area contributed by atoms with Crippen molar-refractivity contribution in [2.45, 2.75) is 25.7 Å². The van der Waals surface area contributed by atoms with E-state index in [0.29, 0.717) is 11.8 Å². The van der Waals surface area contributed by atoms with E-state index < -0.39 is 0 Å². The van der Waals surface area contributed by atoms with Crippen molar-refractivity contribution < 1.29 is 0 Å². The quantitative estimate of drug-likeness (QED) is 0.206. The minimum Gasteiger partial charge on any atom is -0.128 e. The van der Waals surface area contributed by atoms with Crippen molar-refractivity contribution in [3.8, 4) is 0 Å². The monoisotopic (exact) mass is 472 g/mol. The van der Waals surface area contributed by atoms with Crippen LogP contribution in [0.25, 0.3) is 67.2 Å². The Labute approximate surface area is 180 Å². The third-order valence-electron chi connectivity index (χ3n) is 6.63. The van der Waals surface area contributed by atoms with E-state index >= 15 is 0 Å². The molecule has 9 rings (SSSR count). The molecular formula is C20H8S7. The Kier molecular flexibility index (Phi) is 2.23. The standard InChI is InChI=1S/C20H8S7/c1-3-4(2)14-6-5-7-9-11-12-10-8(6)16(22-14)24-18(10)26-20(12)27-19(11)25-17(9)23-15(7)21-13(3)5/h3-4H,1-2H3. The Balaban J connectivity index is 1.86. The molecule has 0 nitrogen and oxygen atoms in total. The van der Waals surface area contributed by atoms with Crippen LogP contribution in [0.3, 0.4) is 0 Å². The number of hydrogen-bond acceptors (Lipinski definition) is 7. The van der Waals surface area contributed by atoms with Gasteiger partial charge in [-0.2, -0.15) is 0 Å². The molecule has 0 fully saturated rings. The van der Waals surface area contributed by atoms with Crippen molar-refractivity contribution in [2.24, 2.45) is 0 Å². The third-order valence-corrected chi connectivity index (χ3v) is 15.9. The van der Waals surface area contributed by atoms with Crippen LogP contribution in [0, 0.1) is 0 Å². The first-order valence-corrected chi connectivity index (χ1v) is 14.6. The minimum atomic E-state index is 0.633. The molecule has 1 aliphatic rings. The summed E-state index contributed by atoms with van der Waals surface area (Å²) in [6.07, 6.45) is 0. The molecule has 0 saturated heterocycles. The summed E-state index contributed by atoms with van der Waals surface area (Å²) >= 11 is 14.5. The normalized spacial score (nSPS) is 21.0. The zero-order valence-corrected chi connectivity index (χ0v) is 19.7. The molecule has 27 heavy (non-hydrogen) atoms. The second kappa shape index (κ2) is 4.17. The van der Waals surface area contributed by atoms with Gasteiger partial charge in [0.05, 0.1) is 24.1 Å². The summed E-state index contributed by atoms with van der Waals surface area (Å²) in [5.74, 6) is 1.27. The largest absolute Gasteiger partial charge is 0.128 e. The number of thiophene rings is 7. The summed E-state index contributed by atoms with van der Waals surface area (Å²) < 4.78 is 9.35. The summed E-state index contributed by atoms with van der Waals surface area (Å²) in [5.41, 5.74) is 0.